The van der Waals surface area contributed by atoms with E-state index in [1.165, 1.54) is 84.1 Å². The van der Waals surface area contributed by atoms with Crippen molar-refractivity contribution in [3.63, 3.8) is 0 Å². The summed E-state index contributed by atoms with van der Waals surface area (Å²) in [5, 5.41) is 48.2. The van der Waals surface area contributed by atoms with E-state index in [2.05, 4.69) is 167 Å². The van der Waals surface area contributed by atoms with Gasteiger partial charge >= 0.3 is 0 Å². The molecule has 0 aromatic heterocycles. The Labute approximate surface area is 605 Å². The standard InChI is InChI=1S/C18H23NO3.C17H23NO2.C16H21NO2.C16H19NO2.C9H11NO.C9H14O2/c1-13-3-4-15(11-14(13)2)16-12-17(22-19-16)5-7-18(8-6-17)20-9-10-21-18;1-12-4-5-14(10-13(12)2)15-11-17(20-18-15)8-6-16(3,19)7-9-17;2*1-11-3-4-13(9-12(11)2)15-10-16(19-17-15)7-5-14(18)6-8-16;1-7-3-4-9(6-10-11)5-8(7)2;1-8-2-4-9(5-3-8)10-6-7-11-9/h3-4,11H,5-10,12H2,1-2H3;4-5,10,19H,6-9,11H2,1-3H3;3-4,9,14,18H,5-8,10H2,1-2H3;3-4,9H,5-8,10H2,1-2H3;3-6,11H,1-2H3;1-7H2. The molecule has 3 N–H and O–H groups in total. The van der Waals surface area contributed by atoms with Gasteiger partial charge in [-0.3, -0.25) is 4.79 Å². The lowest BCUT2D eigenvalue weighted by Crippen LogP contribution is -2.43. The lowest BCUT2D eigenvalue weighted by molar-refractivity contribution is -0.206. The quantitative estimate of drug-likeness (QED) is 0.0649. The van der Waals surface area contributed by atoms with Crippen molar-refractivity contribution in [2.24, 2.45) is 25.8 Å². The van der Waals surface area contributed by atoms with E-state index in [1.807, 2.05) is 32.0 Å². The number of aliphatic hydroxyl groups is 2. The third-order valence-electron chi connectivity index (χ3n) is 23.5. The number of aryl methyl sites for hydroxylation is 10. The largest absolute Gasteiger partial charge is 0.411 e. The lowest BCUT2D eigenvalue weighted by atomic mass is 9.74. The third kappa shape index (κ3) is 18.9. The van der Waals surface area contributed by atoms with Gasteiger partial charge in [-0.2, -0.15) is 0 Å². The van der Waals surface area contributed by atoms with E-state index in [9.17, 15) is 15.0 Å². The van der Waals surface area contributed by atoms with Crippen molar-refractivity contribution in [3.8, 4) is 0 Å². The first-order valence-electron chi connectivity index (χ1n) is 37.4. The molecule has 16 rings (SSSR count). The first-order valence-corrected chi connectivity index (χ1v) is 37.4. The smallest absolute Gasteiger partial charge is 0.169 e. The molecule has 6 heterocycles. The van der Waals surface area contributed by atoms with Gasteiger partial charge in [-0.05, 0) is 274 Å². The molecule has 17 heteroatoms. The van der Waals surface area contributed by atoms with Gasteiger partial charge in [0.1, 0.15) is 28.2 Å². The maximum atomic E-state index is 11.3. The minimum atomic E-state index is -0.530. The van der Waals surface area contributed by atoms with Crippen LogP contribution in [0.15, 0.2) is 129 Å². The number of hydrogen-bond acceptors (Lipinski definition) is 17. The number of rotatable bonds is 5. The van der Waals surface area contributed by atoms with Crippen molar-refractivity contribution in [1.82, 2.24) is 0 Å². The number of ketones is 1. The Hall–Kier alpha value is -7.38. The van der Waals surface area contributed by atoms with Gasteiger partial charge in [0.05, 0.1) is 67.2 Å². The van der Waals surface area contributed by atoms with Crippen LogP contribution < -0.4 is 0 Å². The Morgan fingerprint density at radius 1 is 0.412 bits per heavy atom. The van der Waals surface area contributed by atoms with Crippen molar-refractivity contribution in [2.45, 2.75) is 276 Å². The Bertz CT molecular complexity index is 3930. The molecule has 102 heavy (non-hydrogen) atoms. The molecule has 5 aliphatic carbocycles. The van der Waals surface area contributed by atoms with Crippen LogP contribution in [0.5, 0.6) is 0 Å². The number of allylic oxidation sites excluding steroid dienone is 1. The number of oxime groups is 5. The maximum Gasteiger partial charge on any atom is 0.169 e. The number of ether oxygens (including phenoxy) is 4. The van der Waals surface area contributed by atoms with Gasteiger partial charge in [0.2, 0.25) is 0 Å². The second-order valence-electron chi connectivity index (χ2n) is 31.5. The highest BCUT2D eigenvalue weighted by Crippen LogP contribution is 2.48. The van der Waals surface area contributed by atoms with Crippen LogP contribution in [0.1, 0.15) is 244 Å². The molecule has 2 saturated heterocycles. The van der Waals surface area contributed by atoms with Crippen molar-refractivity contribution < 1.29 is 58.5 Å². The molecule has 6 aliphatic heterocycles. The van der Waals surface area contributed by atoms with Crippen molar-refractivity contribution in [3.05, 3.63) is 187 Å². The number of benzene rings is 5. The molecular weight excluding hydrogens is 1280 g/mol. The summed E-state index contributed by atoms with van der Waals surface area (Å²) in [5.74, 6) is -0.187. The first kappa shape index (κ1) is 75.8. The molecule has 0 bridgehead atoms. The van der Waals surface area contributed by atoms with Crippen LogP contribution in [0.3, 0.4) is 0 Å². The monoisotopic (exact) mass is 1390 g/mol. The molecule has 5 aromatic rings. The molecule has 0 atom stereocenters. The number of Topliss-reactive ketones (excluding diaryl/α,β-unsaturated/α-hetero) is 1. The number of carbonyl (C=O) groups excluding carboxylic acids is 1. The van der Waals surface area contributed by atoms with Crippen LogP contribution in [-0.4, -0.2) is 122 Å². The normalized spacial score (nSPS) is 22.6. The summed E-state index contributed by atoms with van der Waals surface area (Å²) in [5.41, 5.74) is 22.8. The van der Waals surface area contributed by atoms with Gasteiger partial charge in [-0.25, -0.2) is 0 Å². The second-order valence-corrected chi connectivity index (χ2v) is 31.5. The van der Waals surface area contributed by atoms with Crippen LogP contribution in [-0.2, 0) is 43.1 Å². The Balaban J connectivity index is 0.000000125. The maximum absolute atomic E-state index is 11.3. The highest BCUT2D eigenvalue weighted by Gasteiger charge is 2.51. The highest BCUT2D eigenvalue weighted by atomic mass is 16.7. The van der Waals surface area contributed by atoms with Gasteiger partial charge in [0.25, 0.3) is 0 Å². The van der Waals surface area contributed by atoms with Crippen LogP contribution in [0.4, 0.5) is 0 Å². The summed E-state index contributed by atoms with van der Waals surface area (Å²) in [6.45, 7) is 29.9. The summed E-state index contributed by atoms with van der Waals surface area (Å²) < 4.78 is 22.8. The minimum absolute atomic E-state index is 0.144. The zero-order chi connectivity index (χ0) is 72.5. The van der Waals surface area contributed by atoms with E-state index in [0.29, 0.717) is 18.6 Å². The minimum Gasteiger partial charge on any atom is -0.411 e. The molecule has 548 valence electrons. The van der Waals surface area contributed by atoms with Gasteiger partial charge in [0.15, 0.2) is 11.6 Å². The zero-order valence-corrected chi connectivity index (χ0v) is 62.6. The number of aliphatic hydroxyl groups excluding tert-OH is 1. The van der Waals surface area contributed by atoms with Crippen LogP contribution in [0.2, 0.25) is 0 Å². The van der Waals surface area contributed by atoms with E-state index in [1.54, 1.807) is 0 Å². The molecule has 6 spiro atoms. The Kier molecular flexibility index (Phi) is 24.0. The fourth-order valence-corrected chi connectivity index (χ4v) is 15.4. The van der Waals surface area contributed by atoms with Gasteiger partial charge in [0, 0.05) is 64.2 Å². The van der Waals surface area contributed by atoms with E-state index in [0.717, 1.165) is 202 Å². The van der Waals surface area contributed by atoms with E-state index in [-0.39, 0.29) is 40.1 Å². The molecule has 11 aliphatic rings. The molecule has 7 fully saturated rings. The average molecular weight is 1390 g/mol. The SMILES string of the molecule is C=C1CCC2(CC1)OCCO2.Cc1ccc(C2=NOC3(CCC(=O)CC3)C2)cc1C.Cc1ccc(C2=NOC3(CCC(C)(O)CC3)C2)cc1C.Cc1ccc(C2=NOC3(CCC(O)CC3)C2)cc1C.Cc1ccc(C2=NOC3(CCC4(CC3)OCCO4)C2)cc1C.Cc1ccc(C=NO)cc1C. The number of nitrogens with zero attached hydrogens (tertiary/aromatic N) is 5. The van der Waals surface area contributed by atoms with E-state index >= 15 is 0 Å². The second kappa shape index (κ2) is 32.3. The average Bonchev–Trinajstić information content (AvgIpc) is 1.63. The topological polar surface area (TPSA) is 213 Å². The summed E-state index contributed by atoms with van der Waals surface area (Å²) in [7, 11) is 0. The molecule has 0 amide bonds. The first-order chi connectivity index (χ1) is 48.7. The Morgan fingerprint density at radius 2 is 0.725 bits per heavy atom. The molecule has 0 radical (unpaired) electrons. The molecule has 5 saturated carbocycles. The third-order valence-corrected chi connectivity index (χ3v) is 23.5. The lowest BCUT2D eigenvalue weighted by Gasteiger charge is -2.39. The van der Waals surface area contributed by atoms with Crippen LogP contribution in [0, 0.1) is 69.2 Å². The number of hydrogen-bond donors (Lipinski definition) is 3. The fraction of sp³-hybridized carbons (Fsp3) is 0.553. The summed E-state index contributed by atoms with van der Waals surface area (Å²) >= 11 is 0. The summed E-state index contributed by atoms with van der Waals surface area (Å²) in [4.78, 5) is 34.5. The van der Waals surface area contributed by atoms with Crippen molar-refractivity contribution in [2.75, 3.05) is 26.4 Å². The number of carbonyl (C=O) groups is 1. The molecule has 17 nitrogen and oxygen atoms in total. The van der Waals surface area contributed by atoms with E-state index in [4.69, 9.17) is 43.5 Å². The van der Waals surface area contributed by atoms with Gasteiger partial charge in [-0.15, -0.1) is 0 Å². The van der Waals surface area contributed by atoms with Crippen molar-refractivity contribution >= 4 is 34.8 Å². The fourth-order valence-electron chi connectivity index (χ4n) is 15.4. The highest BCUT2D eigenvalue weighted by molar-refractivity contribution is 6.04. The Morgan fingerprint density at radius 3 is 1.07 bits per heavy atom. The van der Waals surface area contributed by atoms with Gasteiger partial charge in [-0.1, -0.05) is 105 Å². The molecule has 5 aromatic carbocycles. The van der Waals surface area contributed by atoms with Crippen molar-refractivity contribution in [1.29, 1.82) is 0 Å². The molecule has 0 unspecified atom stereocenters. The zero-order valence-electron chi connectivity index (χ0n) is 62.6. The van der Waals surface area contributed by atoms with Crippen LogP contribution in [0.25, 0.3) is 0 Å². The predicted molar refractivity (Wildman–Crippen MR) is 401 cm³/mol. The van der Waals surface area contributed by atoms with Gasteiger partial charge < -0.3 is 53.7 Å². The summed E-state index contributed by atoms with van der Waals surface area (Å²) in [6.07, 6.45) is 22.3. The predicted octanol–water partition coefficient (Wildman–Crippen LogP) is 17.4. The summed E-state index contributed by atoms with van der Waals surface area (Å²) in [6, 6.07) is 31.8. The van der Waals surface area contributed by atoms with Crippen LogP contribution >= 0.6 is 0 Å². The van der Waals surface area contributed by atoms with E-state index < -0.39 is 5.60 Å². The molecular formula is C85H111N5O12.